The quantitative estimate of drug-likeness (QED) is 0.462. The standard InChI is InChI=1S/Ba.2O.Sr.Ti.4H/q;2*-2;;+4;;;;. The van der Waals surface area contributed by atoms with Crippen LogP contribution >= 0.6 is 0 Å². The van der Waals surface area contributed by atoms with E-state index in [2.05, 4.69) is 0 Å². The van der Waals surface area contributed by atoms with Crippen LogP contribution < -0.4 is 0 Å². The second-order valence-corrected chi connectivity index (χ2v) is 0. The number of hydrogen-bond acceptors (Lipinski definition) is 0. The van der Waals surface area contributed by atoms with Gasteiger partial charge in [-0.05, 0) is 0 Å². The average Bonchev–Trinajstić information content (AvgIpc) is 0. The summed E-state index contributed by atoms with van der Waals surface area (Å²) in [7, 11) is 0. The molecule has 0 aliphatic rings. The number of rotatable bonds is 0. The van der Waals surface area contributed by atoms with Crippen molar-refractivity contribution in [2.24, 2.45) is 0 Å². The summed E-state index contributed by atoms with van der Waals surface area (Å²) in [5.41, 5.74) is 0. The Kier molecular flexibility index (Phi) is 191. The first-order chi connectivity index (χ1) is 0. The summed E-state index contributed by atoms with van der Waals surface area (Å²) in [5.74, 6) is 0. The van der Waals surface area contributed by atoms with E-state index in [4.69, 9.17) is 0 Å². The minimum absolute atomic E-state index is 0. The Hall–Kier alpha value is 3.69. The molecule has 0 atom stereocenters. The maximum atomic E-state index is 0. The molecule has 0 unspecified atom stereocenters. The topological polar surface area (TPSA) is 57.0 Å². The van der Waals surface area contributed by atoms with Crippen molar-refractivity contribution in [3.63, 3.8) is 0 Å². The SMILES string of the molecule is [BaH2].[O-2].[O-2].[SrH2].[Ti+4]. The van der Waals surface area contributed by atoms with Gasteiger partial charge < -0.3 is 11.0 Å². The summed E-state index contributed by atoms with van der Waals surface area (Å²) in [6, 6.07) is 0. The van der Waals surface area contributed by atoms with Gasteiger partial charge in [0.15, 0.2) is 0 Å². The van der Waals surface area contributed by atoms with Gasteiger partial charge in [0.2, 0.25) is 0 Å². The average molecular weight is 309 g/mol. The molecule has 0 heterocycles. The van der Waals surface area contributed by atoms with Gasteiger partial charge in [-0.25, -0.2) is 0 Å². The summed E-state index contributed by atoms with van der Waals surface area (Å²) >= 11 is 0. The van der Waals surface area contributed by atoms with E-state index in [0.717, 1.165) is 0 Å². The molecule has 0 aliphatic heterocycles. The largest absolute Gasteiger partial charge is 4.00 e. The van der Waals surface area contributed by atoms with Crippen LogP contribution in [-0.2, 0) is 32.7 Å². The molecule has 0 amide bonds. The molecule has 0 aromatic heterocycles. The van der Waals surface area contributed by atoms with E-state index < -0.39 is 0 Å². The molecule has 24 valence electrons. The third-order valence-corrected chi connectivity index (χ3v) is 0. The third kappa shape index (κ3) is 18.3. The molecule has 0 bridgehead atoms. The second-order valence-electron chi connectivity index (χ2n) is 0. The van der Waals surface area contributed by atoms with Crippen LogP contribution in [0.4, 0.5) is 0 Å². The maximum absolute atomic E-state index is 0. The zero-order valence-corrected chi connectivity index (χ0v) is 2.88. The molecule has 5 heavy (non-hydrogen) atoms. The fourth-order valence-corrected chi connectivity index (χ4v) is 0. The molecule has 0 rings (SSSR count). The Morgan fingerprint density at radius 3 is 0.800 bits per heavy atom. The van der Waals surface area contributed by atoms with E-state index in [-0.39, 0.29) is 127 Å². The van der Waals surface area contributed by atoms with Crippen molar-refractivity contribution in [3.8, 4) is 0 Å². The molecule has 0 saturated carbocycles. The Morgan fingerprint density at radius 2 is 0.800 bits per heavy atom. The third-order valence-electron chi connectivity index (χ3n) is 0. The van der Waals surface area contributed by atoms with E-state index in [9.17, 15) is 0 Å². The van der Waals surface area contributed by atoms with E-state index >= 15 is 0 Å². The first kappa shape index (κ1) is 37.8. The Balaban J connectivity index is 0. The predicted octanol–water partition coefficient (Wildman–Crippen LogP) is -2.07. The van der Waals surface area contributed by atoms with E-state index in [1.54, 1.807) is 0 Å². The molecule has 0 aromatic carbocycles. The first-order valence-electron chi connectivity index (χ1n) is 0. The van der Waals surface area contributed by atoms with Crippen molar-refractivity contribution in [1.29, 1.82) is 0 Å². The van der Waals surface area contributed by atoms with Crippen LogP contribution in [-0.4, -0.2) is 94.4 Å². The molecule has 0 aliphatic carbocycles. The molecule has 0 spiro atoms. The van der Waals surface area contributed by atoms with Gasteiger partial charge in [0.05, 0.1) is 0 Å². The molecule has 5 heteroatoms. The van der Waals surface area contributed by atoms with Gasteiger partial charge in [-0.1, -0.05) is 0 Å². The Bertz CT molecular complexity index is 9.61. The van der Waals surface area contributed by atoms with Crippen molar-refractivity contribution in [2.45, 2.75) is 0 Å². The minimum Gasteiger partial charge on any atom is 4.00 e. The molecule has 0 radical (unpaired) electrons. The van der Waals surface area contributed by atoms with E-state index in [0.29, 0.717) is 0 Å². The van der Waals surface area contributed by atoms with Gasteiger partial charge in [-0.3, -0.25) is 0 Å². The smallest absolute Gasteiger partial charge is 4.00 e. The summed E-state index contributed by atoms with van der Waals surface area (Å²) < 4.78 is 0. The van der Waals surface area contributed by atoms with Crippen molar-refractivity contribution < 1.29 is 32.7 Å². The molecule has 0 saturated heterocycles. The Morgan fingerprint density at radius 1 is 0.800 bits per heavy atom. The summed E-state index contributed by atoms with van der Waals surface area (Å²) in [5, 5.41) is 0. The van der Waals surface area contributed by atoms with Crippen LogP contribution in [0.1, 0.15) is 0 Å². The predicted molar refractivity (Wildman–Crippen MR) is 18.5 cm³/mol. The van der Waals surface area contributed by atoms with Crippen LogP contribution in [0.5, 0.6) is 0 Å². The summed E-state index contributed by atoms with van der Waals surface area (Å²) in [6.07, 6.45) is 0. The molecule has 2 nitrogen and oxygen atoms in total. The van der Waals surface area contributed by atoms with E-state index in [1.807, 2.05) is 0 Å². The zero-order valence-electron chi connectivity index (χ0n) is 1.32. The molecular formula is H4BaO2SrTi. The fraction of sp³-hybridized carbons (Fsp3) is 0. The maximum Gasteiger partial charge on any atom is 4.00 e. The van der Waals surface area contributed by atoms with Crippen molar-refractivity contribution in [2.75, 3.05) is 0 Å². The van der Waals surface area contributed by atoms with Crippen LogP contribution in [0.2, 0.25) is 0 Å². The van der Waals surface area contributed by atoms with E-state index in [1.165, 1.54) is 0 Å². The summed E-state index contributed by atoms with van der Waals surface area (Å²) in [4.78, 5) is 0. The zero-order chi connectivity index (χ0) is 0. The molecule has 0 aromatic rings. The molecule has 0 N–H and O–H groups in total. The first-order valence-corrected chi connectivity index (χ1v) is 0. The molecule has 0 fully saturated rings. The Labute approximate surface area is 123 Å². The second kappa shape index (κ2) is 25.3. The van der Waals surface area contributed by atoms with Gasteiger partial charge in [0.1, 0.15) is 0 Å². The fourth-order valence-electron chi connectivity index (χ4n) is 0. The van der Waals surface area contributed by atoms with Crippen molar-refractivity contribution in [3.05, 3.63) is 0 Å². The summed E-state index contributed by atoms with van der Waals surface area (Å²) in [6.45, 7) is 0. The van der Waals surface area contributed by atoms with Crippen LogP contribution in [0, 0.1) is 0 Å². The van der Waals surface area contributed by atoms with Gasteiger partial charge in [-0.2, -0.15) is 0 Å². The van der Waals surface area contributed by atoms with Gasteiger partial charge in [0.25, 0.3) is 0 Å². The van der Waals surface area contributed by atoms with Crippen LogP contribution in [0.25, 0.3) is 0 Å². The van der Waals surface area contributed by atoms with Crippen LogP contribution in [0.3, 0.4) is 0 Å². The van der Waals surface area contributed by atoms with Gasteiger partial charge in [-0.15, -0.1) is 0 Å². The minimum atomic E-state index is 0. The van der Waals surface area contributed by atoms with Crippen molar-refractivity contribution >= 4 is 94.4 Å². The number of hydrogen-bond donors (Lipinski definition) is 0. The van der Waals surface area contributed by atoms with Gasteiger partial charge in [0, 0.05) is 0 Å². The molecular weight excluding hydrogens is 305 g/mol. The van der Waals surface area contributed by atoms with Crippen LogP contribution in [0.15, 0.2) is 0 Å². The van der Waals surface area contributed by atoms with Crippen molar-refractivity contribution in [1.82, 2.24) is 0 Å². The normalized spacial score (nSPS) is 0. The monoisotopic (exact) mass is 310 g/mol. The van der Waals surface area contributed by atoms with Gasteiger partial charge >= 0.3 is 116 Å².